The van der Waals surface area contributed by atoms with Crippen LogP contribution in [0.3, 0.4) is 0 Å². The summed E-state index contributed by atoms with van der Waals surface area (Å²) in [5.74, 6) is 1.94. The van der Waals surface area contributed by atoms with Crippen molar-refractivity contribution in [1.82, 2.24) is 15.0 Å². The lowest BCUT2D eigenvalue weighted by Crippen LogP contribution is -2.72. The maximum Gasteiger partial charge on any atom is 0.180 e. The van der Waals surface area contributed by atoms with Crippen molar-refractivity contribution in [2.24, 2.45) is 0 Å². The fraction of sp³-hybridized carbons (Fsp3) is 0.148. The minimum atomic E-state index is -3.07. The predicted molar refractivity (Wildman–Crippen MR) is 365 cm³/mol. The van der Waals surface area contributed by atoms with E-state index in [2.05, 4.69) is 244 Å². The van der Waals surface area contributed by atoms with Crippen LogP contribution < -0.4 is 20.7 Å². The van der Waals surface area contributed by atoms with Crippen LogP contribution >= 0.6 is 0 Å². The van der Waals surface area contributed by atoms with Gasteiger partial charge >= 0.3 is 0 Å². The molecular formula is C81H67N3Si. The maximum atomic E-state index is 5.30. The van der Waals surface area contributed by atoms with E-state index in [1.54, 1.807) is 0 Å². The summed E-state index contributed by atoms with van der Waals surface area (Å²) in [4.78, 5) is 15.7. The van der Waals surface area contributed by atoms with Gasteiger partial charge in [0.15, 0.2) is 25.5 Å². The second-order valence-electron chi connectivity index (χ2n) is 23.6. The molecule has 2 heterocycles. The van der Waals surface area contributed by atoms with Gasteiger partial charge in [-0.2, -0.15) is 0 Å². The van der Waals surface area contributed by atoms with Crippen molar-refractivity contribution < 1.29 is 0 Å². The average Bonchev–Trinajstić information content (AvgIpc) is 1.72. The molecule has 0 atom stereocenters. The van der Waals surface area contributed by atoms with E-state index >= 15 is 0 Å². The van der Waals surface area contributed by atoms with E-state index in [0.29, 0.717) is 17.5 Å². The molecule has 0 spiro atoms. The van der Waals surface area contributed by atoms with E-state index in [0.717, 1.165) is 35.1 Å². The van der Waals surface area contributed by atoms with Crippen molar-refractivity contribution >= 4 is 93.5 Å². The van der Waals surface area contributed by atoms with Gasteiger partial charge < -0.3 is 0 Å². The highest BCUT2D eigenvalue weighted by atomic mass is 28.3. The average molecular weight is 1110 g/mol. The number of rotatable bonds is 16. The zero-order chi connectivity index (χ0) is 56.8. The predicted octanol–water partition coefficient (Wildman–Crippen LogP) is 19.1. The molecule has 0 radical (unpaired) electrons. The van der Waals surface area contributed by atoms with Crippen LogP contribution in [0.15, 0.2) is 249 Å². The van der Waals surface area contributed by atoms with Gasteiger partial charge in [-0.15, -0.1) is 0 Å². The van der Waals surface area contributed by atoms with E-state index in [1.165, 1.54) is 165 Å². The molecule has 3 nitrogen and oxygen atoms in total. The molecule has 15 rings (SSSR count). The summed E-state index contributed by atoms with van der Waals surface area (Å²) in [6.07, 6.45) is 12.3. The second-order valence-corrected chi connectivity index (χ2v) is 27.4. The standard InChI is InChI=1S/C81H67N3Si/c1-3-5-7-11-23-54-35-44-61(45-36-54)85(62-46-37-55(38-47-62)24-12-8-6-4-2)75-50-49-70-68-48-43-60(81-83-79(58-27-15-10-16-28-58)82-80(84-81)59-41-39-57(40-42-59)56-25-13-9-14-26-56)51-71(68)67-33-21-22-34-69(67)77(70)78(75)74-52-72-65-31-19-17-29-63(65)64-30-18-20-32-66(64)73(72)53-76(74)85/h9-10,13-22,25-53H,3-8,11-12,23-24H2,1-2H3. The first kappa shape index (κ1) is 52.4. The molecule has 85 heavy (non-hydrogen) atoms. The zero-order valence-corrected chi connectivity index (χ0v) is 49.6. The highest BCUT2D eigenvalue weighted by Crippen LogP contribution is 2.46. The summed E-state index contributed by atoms with van der Waals surface area (Å²) in [7, 11) is -3.07. The first-order valence-electron chi connectivity index (χ1n) is 31.0. The number of hydrogen-bond donors (Lipinski definition) is 0. The Bertz CT molecular complexity index is 4750. The van der Waals surface area contributed by atoms with Gasteiger partial charge in [0.25, 0.3) is 0 Å². The Balaban J connectivity index is 0.980. The van der Waals surface area contributed by atoms with Gasteiger partial charge in [-0.05, 0) is 157 Å². The third kappa shape index (κ3) is 9.14. The molecule has 0 saturated heterocycles. The molecule has 410 valence electrons. The maximum absolute atomic E-state index is 5.30. The van der Waals surface area contributed by atoms with Crippen LogP contribution in [0.1, 0.15) is 76.3 Å². The molecule has 1 aromatic heterocycles. The topological polar surface area (TPSA) is 38.7 Å². The van der Waals surface area contributed by atoms with E-state index < -0.39 is 8.07 Å². The largest absolute Gasteiger partial charge is 0.208 e. The molecule has 0 unspecified atom stereocenters. The molecule has 4 heteroatoms. The normalized spacial score (nSPS) is 12.7. The number of aryl methyl sites for hydroxylation is 2. The zero-order valence-electron chi connectivity index (χ0n) is 48.6. The summed E-state index contributed by atoms with van der Waals surface area (Å²) < 4.78 is 0. The fourth-order valence-corrected chi connectivity index (χ4v) is 19.5. The summed E-state index contributed by atoms with van der Waals surface area (Å²) in [6.45, 7) is 4.61. The third-order valence-electron chi connectivity index (χ3n) is 18.5. The molecule has 13 aromatic carbocycles. The molecule has 1 aliphatic rings. The molecular weight excluding hydrogens is 1040 g/mol. The van der Waals surface area contributed by atoms with Crippen LogP contribution in [0.25, 0.3) is 121 Å². The smallest absolute Gasteiger partial charge is 0.180 e. The second kappa shape index (κ2) is 22.3. The Morgan fingerprint density at radius 1 is 0.282 bits per heavy atom. The van der Waals surface area contributed by atoms with Gasteiger partial charge in [0, 0.05) is 16.7 Å². The molecule has 0 amide bonds. The van der Waals surface area contributed by atoms with Crippen molar-refractivity contribution in [1.29, 1.82) is 0 Å². The Morgan fingerprint density at radius 3 is 1.22 bits per heavy atom. The minimum Gasteiger partial charge on any atom is -0.208 e. The van der Waals surface area contributed by atoms with Crippen molar-refractivity contribution in [2.45, 2.75) is 78.1 Å². The lowest BCUT2D eigenvalue weighted by Gasteiger charge is -2.32. The number of benzene rings is 13. The van der Waals surface area contributed by atoms with Gasteiger partial charge in [0.05, 0.1) is 0 Å². The van der Waals surface area contributed by atoms with Crippen LogP contribution in [-0.2, 0) is 12.8 Å². The number of fused-ring (bicyclic) bond motifs is 16. The summed E-state index contributed by atoms with van der Waals surface area (Å²) in [5, 5.41) is 21.1. The van der Waals surface area contributed by atoms with Gasteiger partial charge in [0.2, 0.25) is 0 Å². The van der Waals surface area contributed by atoms with Crippen LogP contribution in [0, 0.1) is 0 Å². The number of nitrogens with zero attached hydrogens (tertiary/aromatic N) is 3. The fourth-order valence-electron chi connectivity index (χ4n) is 14.3. The van der Waals surface area contributed by atoms with Gasteiger partial charge in [-0.1, -0.05) is 289 Å². The van der Waals surface area contributed by atoms with Crippen molar-refractivity contribution in [2.75, 3.05) is 0 Å². The lowest BCUT2D eigenvalue weighted by molar-refractivity contribution is 0.667. The van der Waals surface area contributed by atoms with Crippen LogP contribution in [-0.4, -0.2) is 23.0 Å². The summed E-state index contributed by atoms with van der Waals surface area (Å²) in [6, 6.07) is 94.1. The molecule has 1 aliphatic heterocycles. The van der Waals surface area contributed by atoms with E-state index in [-0.39, 0.29) is 0 Å². The summed E-state index contributed by atoms with van der Waals surface area (Å²) in [5.41, 5.74) is 10.8. The molecule has 0 aliphatic carbocycles. The van der Waals surface area contributed by atoms with E-state index in [9.17, 15) is 0 Å². The van der Waals surface area contributed by atoms with Crippen molar-refractivity contribution in [3.05, 3.63) is 260 Å². The Hall–Kier alpha value is -9.35. The highest BCUT2D eigenvalue weighted by molar-refractivity contribution is 7.22. The first-order chi connectivity index (χ1) is 42.1. The SMILES string of the molecule is CCCCCCc1ccc([Si]2(c3ccc(CCCCCC)cc3)c3cc4c5ccccc5c5ccccc5c4cc3-c3c2ccc2c4ccc(-c5nc(-c6ccccc6)nc(-c6ccc(-c7ccccc7)cc6)n5)cc4c4ccccc4c32)cc1. The van der Waals surface area contributed by atoms with Crippen molar-refractivity contribution in [3.63, 3.8) is 0 Å². The molecule has 0 fully saturated rings. The number of aromatic nitrogens is 3. The van der Waals surface area contributed by atoms with Gasteiger partial charge in [-0.3, -0.25) is 0 Å². The number of unbranched alkanes of at least 4 members (excludes halogenated alkanes) is 6. The van der Waals surface area contributed by atoms with Crippen LogP contribution in [0.4, 0.5) is 0 Å². The van der Waals surface area contributed by atoms with Crippen LogP contribution in [0.2, 0.25) is 0 Å². The molecule has 0 bridgehead atoms. The minimum absolute atomic E-state index is 0.644. The summed E-state index contributed by atoms with van der Waals surface area (Å²) >= 11 is 0. The Labute approximate surface area is 499 Å². The van der Waals surface area contributed by atoms with Crippen molar-refractivity contribution in [3.8, 4) is 56.4 Å². The highest BCUT2D eigenvalue weighted by Gasteiger charge is 2.50. The Kier molecular flexibility index (Phi) is 13.8. The third-order valence-corrected chi connectivity index (χ3v) is 23.4. The quantitative estimate of drug-likeness (QED) is 0.0550. The lowest BCUT2D eigenvalue weighted by atomic mass is 9.87. The molecule has 0 N–H and O–H groups in total. The van der Waals surface area contributed by atoms with Crippen LogP contribution in [0.5, 0.6) is 0 Å². The van der Waals surface area contributed by atoms with Gasteiger partial charge in [-0.25, -0.2) is 15.0 Å². The monoisotopic (exact) mass is 1110 g/mol. The molecule has 0 saturated carbocycles. The van der Waals surface area contributed by atoms with E-state index in [1.807, 2.05) is 18.2 Å². The molecule has 14 aromatic rings. The Morgan fingerprint density at radius 2 is 0.671 bits per heavy atom. The number of hydrogen-bond acceptors (Lipinski definition) is 3. The first-order valence-corrected chi connectivity index (χ1v) is 33.0. The van der Waals surface area contributed by atoms with E-state index in [4.69, 9.17) is 15.0 Å². The van der Waals surface area contributed by atoms with Gasteiger partial charge in [0.1, 0.15) is 0 Å².